The van der Waals surface area contributed by atoms with E-state index < -0.39 is 0 Å². The van der Waals surface area contributed by atoms with Gasteiger partial charge in [-0.15, -0.1) is 0 Å². The maximum Gasteiger partial charge on any atom is 0.246 e. The molecule has 1 rings (SSSR count). The first kappa shape index (κ1) is 17.5. The summed E-state index contributed by atoms with van der Waals surface area (Å²) in [6.45, 7) is 4.47. The number of hydrogen-bond donors (Lipinski definition) is 1. The highest BCUT2D eigenvalue weighted by molar-refractivity contribution is 6.01. The Morgan fingerprint density at radius 3 is 1.55 bits per heavy atom. The second-order valence-electron chi connectivity index (χ2n) is 6.57. The monoisotopic (exact) mass is 281 g/mol. The number of amides is 1. The fourth-order valence-electron chi connectivity index (χ4n) is 3.06. The van der Waals surface area contributed by atoms with Crippen molar-refractivity contribution in [2.75, 3.05) is 0 Å². The predicted octanol–water partition coefficient (Wildman–Crippen LogP) is 5.36. The van der Waals surface area contributed by atoms with Gasteiger partial charge in [0.25, 0.3) is 0 Å². The molecule has 0 aliphatic carbocycles. The third-order valence-corrected chi connectivity index (χ3v) is 4.64. The zero-order valence-electron chi connectivity index (χ0n) is 13.8. The molecule has 1 saturated heterocycles. The van der Waals surface area contributed by atoms with Gasteiger partial charge in [-0.3, -0.25) is 4.79 Å². The van der Waals surface area contributed by atoms with Crippen LogP contribution in [0.3, 0.4) is 0 Å². The van der Waals surface area contributed by atoms with E-state index >= 15 is 0 Å². The van der Waals surface area contributed by atoms with E-state index in [1.54, 1.807) is 0 Å². The normalized spacial score (nSPS) is 21.0. The van der Waals surface area contributed by atoms with Crippen LogP contribution in [-0.4, -0.2) is 11.4 Å². The first-order valence-electron chi connectivity index (χ1n) is 9.08. The van der Waals surface area contributed by atoms with Crippen molar-refractivity contribution in [1.29, 1.82) is 0 Å². The zero-order valence-corrected chi connectivity index (χ0v) is 13.8. The van der Waals surface area contributed by atoms with Gasteiger partial charge in [-0.25, -0.2) is 0 Å². The van der Waals surface area contributed by atoms with Gasteiger partial charge in [0, 0.05) is 0 Å². The Labute approximate surface area is 126 Å². The highest BCUT2D eigenvalue weighted by Crippen LogP contribution is 2.32. The summed E-state index contributed by atoms with van der Waals surface area (Å²) < 4.78 is 0. The number of hydrogen-bond acceptors (Lipinski definition) is 1. The highest BCUT2D eigenvalue weighted by Gasteiger charge is 2.51. The maximum atomic E-state index is 11.5. The third-order valence-electron chi connectivity index (χ3n) is 4.64. The van der Waals surface area contributed by atoms with Crippen molar-refractivity contribution in [2.24, 2.45) is 0 Å². The van der Waals surface area contributed by atoms with E-state index in [0.29, 0.717) is 5.91 Å². The van der Waals surface area contributed by atoms with Crippen molar-refractivity contribution < 1.29 is 4.79 Å². The van der Waals surface area contributed by atoms with Crippen molar-refractivity contribution in [1.82, 2.24) is 5.32 Å². The smallest absolute Gasteiger partial charge is 0.246 e. The van der Waals surface area contributed by atoms with E-state index in [2.05, 4.69) is 19.2 Å². The van der Waals surface area contributed by atoms with Gasteiger partial charge in [0.2, 0.25) is 5.91 Å². The summed E-state index contributed by atoms with van der Waals surface area (Å²) in [5.74, 6) is 0.307. The molecule has 0 saturated carbocycles. The lowest BCUT2D eigenvalue weighted by Gasteiger charge is -2.10. The molecule has 1 fully saturated rings. The lowest BCUT2D eigenvalue weighted by molar-refractivity contribution is -0.112. The lowest BCUT2D eigenvalue weighted by Crippen LogP contribution is -2.16. The lowest BCUT2D eigenvalue weighted by atomic mass is 9.94. The van der Waals surface area contributed by atoms with Crippen LogP contribution in [0.4, 0.5) is 0 Å². The van der Waals surface area contributed by atoms with E-state index in [9.17, 15) is 4.79 Å². The number of nitrogens with one attached hydrogen (secondary N) is 1. The van der Waals surface area contributed by atoms with E-state index in [-0.39, 0.29) is 5.54 Å². The Balaban J connectivity index is 1.88. The van der Waals surface area contributed by atoms with E-state index in [4.69, 9.17) is 0 Å². The molecule has 1 unspecified atom stereocenters. The maximum absolute atomic E-state index is 11.5. The third kappa shape index (κ3) is 6.76. The Kier molecular flexibility index (Phi) is 8.97. The summed E-state index contributed by atoms with van der Waals surface area (Å²) in [6, 6.07) is 0. The number of unbranched alkanes of at least 4 members (excludes halogenated alkanes) is 10. The average molecular weight is 281 g/mol. The average Bonchev–Trinajstić information content (AvgIpc) is 3.09. The van der Waals surface area contributed by atoms with Crippen molar-refractivity contribution in [3.8, 4) is 0 Å². The molecule has 1 N–H and O–H groups in total. The largest absolute Gasteiger partial charge is 0.340 e. The summed E-state index contributed by atoms with van der Waals surface area (Å²) in [4.78, 5) is 11.5. The summed E-state index contributed by atoms with van der Waals surface area (Å²) in [5, 5.41) is 3.07. The van der Waals surface area contributed by atoms with E-state index in [1.807, 2.05) is 0 Å². The first-order valence-corrected chi connectivity index (χ1v) is 9.08. The summed E-state index contributed by atoms with van der Waals surface area (Å²) in [5.41, 5.74) is -0.0871. The molecule has 1 atom stereocenters. The molecule has 1 heterocycles. The number of carbonyl (C=O) groups is 1. The van der Waals surface area contributed by atoms with Crippen LogP contribution in [0.25, 0.3) is 0 Å². The van der Waals surface area contributed by atoms with Crippen LogP contribution in [0, 0.1) is 0 Å². The standard InChI is InChI=1S/C18H35NO/c1-3-5-7-8-9-10-11-12-13-14-16-18(15-6-4-2)17(20)19-18/h3-16H2,1-2H3,(H,19,20). The van der Waals surface area contributed by atoms with Crippen LogP contribution in [-0.2, 0) is 4.79 Å². The summed E-state index contributed by atoms with van der Waals surface area (Å²) >= 11 is 0. The Morgan fingerprint density at radius 2 is 1.10 bits per heavy atom. The molecular weight excluding hydrogens is 246 g/mol. The molecule has 0 aromatic rings. The summed E-state index contributed by atoms with van der Waals surface area (Å²) in [7, 11) is 0. The SMILES string of the molecule is CCCCCCCCCCCCC1(CCCC)NC1=O. The molecule has 1 aliphatic rings. The molecule has 1 amide bonds. The van der Waals surface area contributed by atoms with Crippen LogP contribution in [0.1, 0.15) is 104 Å². The van der Waals surface area contributed by atoms with Crippen molar-refractivity contribution >= 4 is 5.91 Å². The van der Waals surface area contributed by atoms with E-state index in [1.165, 1.54) is 77.0 Å². The van der Waals surface area contributed by atoms with Crippen LogP contribution < -0.4 is 5.32 Å². The topological polar surface area (TPSA) is 39.0 Å². The van der Waals surface area contributed by atoms with Crippen LogP contribution >= 0.6 is 0 Å². The number of carbonyl (C=O) groups excluding carboxylic acids is 1. The van der Waals surface area contributed by atoms with Gasteiger partial charge in [-0.2, -0.15) is 0 Å². The second-order valence-corrected chi connectivity index (χ2v) is 6.57. The molecule has 118 valence electrons. The zero-order chi connectivity index (χ0) is 14.7. The van der Waals surface area contributed by atoms with Gasteiger partial charge < -0.3 is 5.32 Å². The minimum Gasteiger partial charge on any atom is -0.340 e. The van der Waals surface area contributed by atoms with Gasteiger partial charge in [-0.05, 0) is 12.8 Å². The highest BCUT2D eigenvalue weighted by atomic mass is 16.2. The van der Waals surface area contributed by atoms with Gasteiger partial charge in [0.15, 0.2) is 0 Å². The van der Waals surface area contributed by atoms with Crippen LogP contribution in [0.15, 0.2) is 0 Å². The molecule has 2 nitrogen and oxygen atoms in total. The molecule has 0 bridgehead atoms. The molecule has 0 spiro atoms. The van der Waals surface area contributed by atoms with Crippen molar-refractivity contribution in [3.63, 3.8) is 0 Å². The summed E-state index contributed by atoms with van der Waals surface area (Å²) in [6.07, 6.45) is 18.2. The molecular formula is C18H35NO. The molecule has 2 heteroatoms. The van der Waals surface area contributed by atoms with Crippen molar-refractivity contribution in [3.05, 3.63) is 0 Å². The van der Waals surface area contributed by atoms with E-state index in [0.717, 1.165) is 12.8 Å². The van der Waals surface area contributed by atoms with Crippen LogP contribution in [0.2, 0.25) is 0 Å². The van der Waals surface area contributed by atoms with Gasteiger partial charge in [-0.1, -0.05) is 90.9 Å². The van der Waals surface area contributed by atoms with Gasteiger partial charge in [0.05, 0.1) is 0 Å². The molecule has 0 radical (unpaired) electrons. The first-order chi connectivity index (χ1) is 9.75. The second kappa shape index (κ2) is 10.2. The van der Waals surface area contributed by atoms with Gasteiger partial charge in [0.1, 0.15) is 5.54 Å². The van der Waals surface area contributed by atoms with Crippen molar-refractivity contribution in [2.45, 2.75) is 109 Å². The Morgan fingerprint density at radius 1 is 0.700 bits per heavy atom. The fourth-order valence-corrected chi connectivity index (χ4v) is 3.06. The number of rotatable bonds is 14. The quantitative estimate of drug-likeness (QED) is 0.338. The van der Waals surface area contributed by atoms with Crippen LogP contribution in [0.5, 0.6) is 0 Å². The molecule has 0 aromatic carbocycles. The minimum atomic E-state index is -0.0871. The molecule has 1 aliphatic heterocycles. The predicted molar refractivity (Wildman–Crippen MR) is 86.9 cm³/mol. The van der Waals surface area contributed by atoms with Gasteiger partial charge >= 0.3 is 0 Å². The molecule has 20 heavy (non-hydrogen) atoms. The minimum absolute atomic E-state index is 0.0871. The molecule has 0 aromatic heterocycles. The Hall–Kier alpha value is -0.530. The fraction of sp³-hybridized carbons (Fsp3) is 0.944. The Bertz CT molecular complexity index is 264.